The summed E-state index contributed by atoms with van der Waals surface area (Å²) in [5.74, 6) is 1.75. The molecule has 0 atom stereocenters. The van der Waals surface area contributed by atoms with E-state index in [1.165, 1.54) is 0 Å². The Morgan fingerprint density at radius 1 is 0.944 bits per heavy atom. The van der Waals surface area contributed by atoms with Crippen LogP contribution >= 0.6 is 11.3 Å². The number of hydrogen-bond acceptors (Lipinski definition) is 6. The lowest BCUT2D eigenvalue weighted by atomic mass is 10.1. The van der Waals surface area contributed by atoms with Crippen LogP contribution < -0.4 is 14.2 Å². The van der Waals surface area contributed by atoms with Crippen LogP contribution in [0.25, 0.3) is 0 Å². The zero-order valence-corrected chi connectivity index (χ0v) is 21.8. The average molecular weight is 509 g/mol. The molecule has 2 amide bonds. The highest BCUT2D eigenvalue weighted by atomic mass is 32.1. The molecular formula is C28H32N2O5S. The summed E-state index contributed by atoms with van der Waals surface area (Å²) in [6.45, 7) is 1.09. The summed E-state index contributed by atoms with van der Waals surface area (Å²) in [5.41, 5.74) is 1.58. The van der Waals surface area contributed by atoms with Gasteiger partial charge in [-0.2, -0.15) is 0 Å². The molecule has 36 heavy (non-hydrogen) atoms. The first-order chi connectivity index (χ1) is 17.5. The molecule has 7 nitrogen and oxygen atoms in total. The normalized spacial score (nSPS) is 12.6. The Kier molecular flexibility index (Phi) is 8.48. The maximum absolute atomic E-state index is 13.6. The largest absolute Gasteiger partial charge is 0.497 e. The van der Waals surface area contributed by atoms with E-state index in [1.54, 1.807) is 61.8 Å². The molecule has 0 bridgehead atoms. The number of nitrogens with zero attached hydrogens (tertiary/aromatic N) is 2. The number of rotatable bonds is 12. The van der Waals surface area contributed by atoms with Crippen LogP contribution in [-0.4, -0.2) is 62.1 Å². The molecule has 0 spiro atoms. The molecule has 0 saturated heterocycles. The monoisotopic (exact) mass is 508 g/mol. The summed E-state index contributed by atoms with van der Waals surface area (Å²) < 4.78 is 16.0. The number of hydrogen-bond donors (Lipinski definition) is 0. The van der Waals surface area contributed by atoms with Gasteiger partial charge in [-0.3, -0.25) is 9.59 Å². The van der Waals surface area contributed by atoms with Crippen molar-refractivity contribution in [3.05, 3.63) is 76.0 Å². The van der Waals surface area contributed by atoms with Crippen molar-refractivity contribution in [1.29, 1.82) is 0 Å². The smallest absolute Gasteiger partial charge is 0.254 e. The Morgan fingerprint density at radius 2 is 1.75 bits per heavy atom. The van der Waals surface area contributed by atoms with Crippen molar-refractivity contribution in [3.63, 3.8) is 0 Å². The molecule has 1 aliphatic rings. The van der Waals surface area contributed by atoms with Gasteiger partial charge in [0.2, 0.25) is 5.91 Å². The fourth-order valence-electron chi connectivity index (χ4n) is 4.10. The molecule has 1 saturated carbocycles. The fourth-order valence-corrected chi connectivity index (χ4v) is 4.82. The second kappa shape index (κ2) is 11.9. The standard InChI is InChI=1S/C28H32N2O5S/c1-33-23-7-4-6-21(17-23)28(32)30(22-10-11-22)19-27(31)29(18-24-8-5-15-36-24)14-13-20-9-12-25(34-2)26(16-20)35-3/h4-9,12,15-17,22H,10-11,13-14,18-19H2,1-3H3. The summed E-state index contributed by atoms with van der Waals surface area (Å²) in [6, 6.07) is 17.0. The van der Waals surface area contributed by atoms with E-state index < -0.39 is 0 Å². The van der Waals surface area contributed by atoms with Crippen LogP contribution in [0.5, 0.6) is 17.2 Å². The van der Waals surface area contributed by atoms with E-state index in [0.717, 1.165) is 23.3 Å². The number of thiophene rings is 1. The third-order valence-electron chi connectivity index (χ3n) is 6.27. The highest BCUT2D eigenvalue weighted by Gasteiger charge is 2.35. The van der Waals surface area contributed by atoms with E-state index in [4.69, 9.17) is 14.2 Å². The number of methoxy groups -OCH3 is 3. The van der Waals surface area contributed by atoms with Gasteiger partial charge in [0.15, 0.2) is 11.5 Å². The predicted molar refractivity (Wildman–Crippen MR) is 140 cm³/mol. The summed E-state index contributed by atoms with van der Waals surface area (Å²) in [4.78, 5) is 31.6. The minimum atomic E-state index is -0.138. The van der Waals surface area contributed by atoms with E-state index in [0.29, 0.717) is 42.3 Å². The average Bonchev–Trinajstić information content (AvgIpc) is 3.63. The van der Waals surface area contributed by atoms with Gasteiger partial charge in [0.25, 0.3) is 5.91 Å². The molecule has 0 N–H and O–H groups in total. The molecule has 190 valence electrons. The first kappa shape index (κ1) is 25.6. The van der Waals surface area contributed by atoms with Crippen molar-refractivity contribution < 1.29 is 23.8 Å². The second-order valence-electron chi connectivity index (χ2n) is 8.73. The number of carbonyl (C=O) groups is 2. The van der Waals surface area contributed by atoms with Gasteiger partial charge in [-0.15, -0.1) is 11.3 Å². The van der Waals surface area contributed by atoms with Gasteiger partial charge in [0.05, 0.1) is 27.9 Å². The summed E-state index contributed by atoms with van der Waals surface area (Å²) in [6.07, 6.45) is 2.49. The summed E-state index contributed by atoms with van der Waals surface area (Å²) in [5, 5.41) is 2.01. The van der Waals surface area contributed by atoms with Crippen LogP contribution in [0, 0.1) is 0 Å². The summed E-state index contributed by atoms with van der Waals surface area (Å²) >= 11 is 1.62. The van der Waals surface area contributed by atoms with Gasteiger partial charge < -0.3 is 24.0 Å². The molecule has 1 aromatic heterocycles. The lowest BCUT2D eigenvalue weighted by Gasteiger charge is -2.28. The highest BCUT2D eigenvalue weighted by Crippen LogP contribution is 2.30. The topological polar surface area (TPSA) is 68.3 Å². The Balaban J connectivity index is 1.49. The van der Waals surface area contributed by atoms with Crippen molar-refractivity contribution in [2.75, 3.05) is 34.4 Å². The van der Waals surface area contributed by atoms with Crippen molar-refractivity contribution in [2.24, 2.45) is 0 Å². The van der Waals surface area contributed by atoms with Gasteiger partial charge in [0, 0.05) is 23.0 Å². The molecule has 1 heterocycles. The molecule has 0 radical (unpaired) electrons. The van der Waals surface area contributed by atoms with Gasteiger partial charge in [-0.05, 0) is 66.6 Å². The molecule has 1 aliphatic carbocycles. The Morgan fingerprint density at radius 3 is 2.42 bits per heavy atom. The van der Waals surface area contributed by atoms with E-state index in [2.05, 4.69) is 0 Å². The fraction of sp³-hybridized carbons (Fsp3) is 0.357. The minimum absolute atomic E-state index is 0.0536. The van der Waals surface area contributed by atoms with E-state index in [1.807, 2.05) is 40.6 Å². The number of benzene rings is 2. The Labute approximate surface area is 216 Å². The van der Waals surface area contributed by atoms with Gasteiger partial charge in [-0.25, -0.2) is 0 Å². The number of amides is 2. The first-order valence-electron chi connectivity index (χ1n) is 12.0. The van der Waals surface area contributed by atoms with Crippen molar-refractivity contribution >= 4 is 23.2 Å². The van der Waals surface area contributed by atoms with E-state index in [-0.39, 0.29) is 24.4 Å². The molecule has 8 heteroatoms. The number of ether oxygens (including phenoxy) is 3. The van der Waals surface area contributed by atoms with E-state index in [9.17, 15) is 9.59 Å². The predicted octanol–water partition coefficient (Wildman–Crippen LogP) is 4.65. The molecule has 0 unspecified atom stereocenters. The lowest BCUT2D eigenvalue weighted by molar-refractivity contribution is -0.132. The maximum atomic E-state index is 13.6. The van der Waals surface area contributed by atoms with Crippen LogP contribution in [0.2, 0.25) is 0 Å². The van der Waals surface area contributed by atoms with Crippen LogP contribution in [0.15, 0.2) is 60.0 Å². The quantitative estimate of drug-likeness (QED) is 0.356. The molecular weight excluding hydrogens is 476 g/mol. The Hall–Kier alpha value is -3.52. The van der Waals surface area contributed by atoms with Crippen LogP contribution in [0.4, 0.5) is 0 Å². The van der Waals surface area contributed by atoms with Crippen molar-refractivity contribution in [2.45, 2.75) is 31.8 Å². The highest BCUT2D eigenvalue weighted by molar-refractivity contribution is 7.09. The zero-order chi connectivity index (χ0) is 25.5. The summed E-state index contributed by atoms with van der Waals surface area (Å²) in [7, 11) is 4.80. The maximum Gasteiger partial charge on any atom is 0.254 e. The molecule has 0 aliphatic heterocycles. The first-order valence-corrected chi connectivity index (χ1v) is 12.9. The van der Waals surface area contributed by atoms with E-state index >= 15 is 0 Å². The number of carbonyl (C=O) groups excluding carboxylic acids is 2. The van der Waals surface area contributed by atoms with Crippen LogP contribution in [0.1, 0.15) is 33.6 Å². The third-order valence-corrected chi connectivity index (χ3v) is 7.13. The molecule has 4 rings (SSSR count). The zero-order valence-electron chi connectivity index (χ0n) is 20.9. The lowest BCUT2D eigenvalue weighted by Crippen LogP contribution is -2.44. The molecule has 2 aromatic carbocycles. The minimum Gasteiger partial charge on any atom is -0.497 e. The second-order valence-corrected chi connectivity index (χ2v) is 9.76. The molecule has 3 aromatic rings. The van der Waals surface area contributed by atoms with Gasteiger partial charge in [-0.1, -0.05) is 18.2 Å². The van der Waals surface area contributed by atoms with Crippen molar-refractivity contribution in [3.8, 4) is 17.2 Å². The SMILES string of the molecule is COc1cccc(C(=O)N(CC(=O)N(CCc2ccc(OC)c(OC)c2)Cc2cccs2)C2CC2)c1. The van der Waals surface area contributed by atoms with Gasteiger partial charge in [0.1, 0.15) is 12.3 Å². The van der Waals surface area contributed by atoms with Crippen LogP contribution in [-0.2, 0) is 17.8 Å². The molecule has 1 fully saturated rings. The Bertz CT molecular complexity index is 1180. The van der Waals surface area contributed by atoms with Crippen LogP contribution in [0.3, 0.4) is 0 Å². The van der Waals surface area contributed by atoms with Crippen molar-refractivity contribution in [1.82, 2.24) is 9.80 Å². The third kappa shape index (κ3) is 6.37. The van der Waals surface area contributed by atoms with Gasteiger partial charge >= 0.3 is 0 Å².